The van der Waals surface area contributed by atoms with Crippen molar-refractivity contribution in [3.05, 3.63) is 96.1 Å². The van der Waals surface area contributed by atoms with Gasteiger partial charge in [0.1, 0.15) is 35.5 Å². The molecule has 208 valence electrons. The van der Waals surface area contributed by atoms with Crippen molar-refractivity contribution in [1.82, 2.24) is 5.32 Å². The van der Waals surface area contributed by atoms with Gasteiger partial charge in [0.2, 0.25) is 0 Å². The highest BCUT2D eigenvalue weighted by molar-refractivity contribution is 5.91. The first kappa shape index (κ1) is 31.7. The summed E-state index contributed by atoms with van der Waals surface area (Å²) in [4.78, 5) is 11.6. The second-order valence-corrected chi connectivity index (χ2v) is 9.69. The number of ether oxygens (including phenoxy) is 2. The number of carboxylic acids is 1. The Morgan fingerprint density at radius 3 is 2.33 bits per heavy atom. The summed E-state index contributed by atoms with van der Waals surface area (Å²) in [6.07, 6.45) is 0.0231. The van der Waals surface area contributed by atoms with E-state index in [2.05, 4.69) is 49.5 Å². The molecule has 0 aliphatic carbocycles. The molecule has 0 amide bonds. The van der Waals surface area contributed by atoms with E-state index < -0.39 is 12.1 Å². The van der Waals surface area contributed by atoms with Crippen LogP contribution in [0.5, 0.6) is 17.2 Å². The van der Waals surface area contributed by atoms with Crippen LogP contribution in [0.2, 0.25) is 0 Å². The number of para-hydroxylation sites is 2. The molecule has 4 aromatic rings. The van der Waals surface area contributed by atoms with E-state index in [-0.39, 0.29) is 48.3 Å². The van der Waals surface area contributed by atoms with Gasteiger partial charge in [0.05, 0.1) is 5.69 Å². The molecule has 4 aromatic carbocycles. The minimum absolute atomic E-state index is 0. The molecule has 0 saturated heterocycles. The van der Waals surface area contributed by atoms with E-state index in [1.807, 2.05) is 12.1 Å². The lowest BCUT2D eigenvalue weighted by atomic mass is 9.93. The molecule has 1 atom stereocenters. The molecule has 7 nitrogen and oxygen atoms in total. The van der Waals surface area contributed by atoms with Crippen LogP contribution < -0.4 is 20.5 Å². The van der Waals surface area contributed by atoms with Gasteiger partial charge in [0.15, 0.2) is 0 Å². The summed E-state index contributed by atoms with van der Waals surface area (Å²) in [6.45, 7) is 4.55. The van der Waals surface area contributed by atoms with Crippen molar-refractivity contribution >= 4 is 47.2 Å². The average molecular weight is 574 g/mol. The Morgan fingerprint density at radius 1 is 0.923 bits per heavy atom. The number of nitrogen functional groups attached to an aromatic ring is 1. The maximum Gasteiger partial charge on any atom is 0.339 e. The molecule has 0 heterocycles. The number of β-amino-alcohol motifs (C(OH)–C–C–N with tert-alkyl or cyclic N) is 1. The maximum atomic E-state index is 11.6. The number of aliphatic hydroxyl groups is 1. The first-order valence-electron chi connectivity index (χ1n) is 12.1. The lowest BCUT2D eigenvalue weighted by Crippen LogP contribution is -2.46. The first-order chi connectivity index (χ1) is 17.7. The summed E-state index contributed by atoms with van der Waals surface area (Å²) < 4.78 is 11.5. The molecule has 9 heteroatoms. The predicted octanol–water partition coefficient (Wildman–Crippen LogP) is 6.11. The highest BCUT2D eigenvalue weighted by Gasteiger charge is 2.20. The van der Waals surface area contributed by atoms with Crippen LogP contribution >= 0.6 is 24.8 Å². The zero-order chi connectivity index (χ0) is 26.4. The third kappa shape index (κ3) is 8.76. The van der Waals surface area contributed by atoms with E-state index >= 15 is 0 Å². The largest absolute Gasteiger partial charge is 0.491 e. The Kier molecular flexibility index (Phi) is 11.4. The molecule has 0 unspecified atom stereocenters. The monoisotopic (exact) mass is 572 g/mol. The van der Waals surface area contributed by atoms with Crippen molar-refractivity contribution in [1.29, 1.82) is 0 Å². The Labute approximate surface area is 240 Å². The third-order valence-electron chi connectivity index (χ3n) is 6.04. The molecular weight excluding hydrogens is 539 g/mol. The van der Waals surface area contributed by atoms with Gasteiger partial charge >= 0.3 is 5.97 Å². The Morgan fingerprint density at radius 2 is 1.62 bits per heavy atom. The number of benzene rings is 4. The highest BCUT2D eigenvalue weighted by atomic mass is 35.5. The molecule has 0 aromatic heterocycles. The van der Waals surface area contributed by atoms with Crippen LogP contribution in [-0.2, 0) is 6.42 Å². The van der Waals surface area contributed by atoms with Crippen molar-refractivity contribution in [2.75, 3.05) is 18.9 Å². The fraction of sp³-hybridized carbons (Fsp3) is 0.233. The Hall–Kier alpha value is -3.49. The number of aromatic carboxylic acids is 1. The van der Waals surface area contributed by atoms with Crippen molar-refractivity contribution in [2.24, 2.45) is 0 Å². The molecule has 0 aliphatic rings. The van der Waals surface area contributed by atoms with Gasteiger partial charge in [0.25, 0.3) is 0 Å². The Balaban J connectivity index is 0.00000267. The molecular formula is C30H34Cl2N2O5. The lowest BCUT2D eigenvalue weighted by molar-refractivity contribution is 0.0693. The third-order valence-corrected chi connectivity index (χ3v) is 6.04. The number of hydrogen-bond acceptors (Lipinski definition) is 6. The van der Waals surface area contributed by atoms with Crippen LogP contribution in [0.3, 0.4) is 0 Å². The summed E-state index contributed by atoms with van der Waals surface area (Å²) in [7, 11) is 0. The summed E-state index contributed by atoms with van der Waals surface area (Å²) in [6, 6.07) is 26.0. The number of aliphatic hydroxyl groups excluding tert-OH is 1. The second kappa shape index (κ2) is 14.1. The summed E-state index contributed by atoms with van der Waals surface area (Å²) in [5.41, 5.74) is 7.26. The van der Waals surface area contributed by atoms with Crippen molar-refractivity contribution in [3.63, 3.8) is 0 Å². The zero-order valence-corrected chi connectivity index (χ0v) is 23.4. The molecule has 0 aliphatic heterocycles. The molecule has 5 N–H and O–H groups in total. The average Bonchev–Trinajstić information content (AvgIpc) is 2.87. The van der Waals surface area contributed by atoms with E-state index in [0.29, 0.717) is 23.7 Å². The normalized spacial score (nSPS) is 11.7. The minimum atomic E-state index is -1.13. The minimum Gasteiger partial charge on any atom is -0.491 e. The van der Waals surface area contributed by atoms with Crippen LogP contribution in [0.15, 0.2) is 84.9 Å². The Bertz CT molecular complexity index is 1400. The predicted molar refractivity (Wildman–Crippen MR) is 160 cm³/mol. The molecule has 0 spiro atoms. The zero-order valence-electron chi connectivity index (χ0n) is 21.8. The number of rotatable bonds is 11. The van der Waals surface area contributed by atoms with Gasteiger partial charge in [-0.15, -0.1) is 24.8 Å². The first-order valence-corrected chi connectivity index (χ1v) is 12.1. The number of nitrogens with one attached hydrogen (secondary N) is 1. The maximum absolute atomic E-state index is 11.6. The molecule has 0 bridgehead atoms. The number of hydrogen-bond donors (Lipinski definition) is 4. The number of anilines is 1. The number of carboxylic acid groups (broad SMARTS) is 1. The standard InChI is InChI=1S/C30H32N2O5.2ClH/c1-30(2,17-20-11-12-21-7-3-4-8-22(21)15-20)32-18-23(33)19-36-24-13-14-25(29(34)35)28(16-24)37-27-10-6-5-9-26(27)31;;/h3-16,23,32-33H,17-19,31H2,1-2H3,(H,34,35);2*1H/t23-;;/m1../s1. The van der Waals surface area contributed by atoms with Gasteiger partial charge in [-0.2, -0.15) is 0 Å². The SMILES string of the molecule is CC(C)(Cc1ccc2ccccc2c1)NC[C@@H](O)COc1ccc(C(=O)O)c(Oc2ccccc2N)c1.Cl.Cl. The van der Waals surface area contributed by atoms with E-state index in [1.54, 1.807) is 24.3 Å². The van der Waals surface area contributed by atoms with Gasteiger partial charge in [-0.1, -0.05) is 54.6 Å². The van der Waals surface area contributed by atoms with Crippen molar-refractivity contribution in [3.8, 4) is 17.2 Å². The molecule has 0 radical (unpaired) electrons. The summed E-state index contributed by atoms with van der Waals surface area (Å²) in [5, 5.41) is 25.9. The van der Waals surface area contributed by atoms with Gasteiger partial charge in [0, 0.05) is 18.2 Å². The smallest absolute Gasteiger partial charge is 0.339 e. The number of nitrogens with two attached hydrogens (primary N) is 1. The van der Waals surface area contributed by atoms with Crippen LogP contribution in [0, 0.1) is 0 Å². The van der Waals surface area contributed by atoms with E-state index in [1.165, 1.54) is 34.5 Å². The van der Waals surface area contributed by atoms with E-state index in [0.717, 1.165) is 6.42 Å². The van der Waals surface area contributed by atoms with Gasteiger partial charge in [-0.3, -0.25) is 0 Å². The molecule has 0 fully saturated rings. The van der Waals surface area contributed by atoms with E-state index in [9.17, 15) is 15.0 Å². The lowest BCUT2D eigenvalue weighted by Gasteiger charge is -2.28. The molecule has 0 saturated carbocycles. The number of carbonyl (C=O) groups is 1. The quantitative estimate of drug-likeness (QED) is 0.160. The topological polar surface area (TPSA) is 114 Å². The van der Waals surface area contributed by atoms with Crippen LogP contribution in [0.4, 0.5) is 5.69 Å². The molecule has 39 heavy (non-hydrogen) atoms. The van der Waals surface area contributed by atoms with Crippen molar-refractivity contribution in [2.45, 2.75) is 31.9 Å². The molecule has 4 rings (SSSR count). The summed E-state index contributed by atoms with van der Waals surface area (Å²) >= 11 is 0. The highest BCUT2D eigenvalue weighted by Crippen LogP contribution is 2.32. The van der Waals surface area contributed by atoms with Gasteiger partial charge in [-0.05, 0) is 60.9 Å². The van der Waals surface area contributed by atoms with Gasteiger partial charge in [-0.25, -0.2) is 4.79 Å². The fourth-order valence-electron chi connectivity index (χ4n) is 4.11. The summed E-state index contributed by atoms with van der Waals surface area (Å²) in [5.74, 6) is -0.301. The number of fused-ring (bicyclic) bond motifs is 1. The van der Waals surface area contributed by atoms with Gasteiger partial charge < -0.3 is 30.7 Å². The van der Waals surface area contributed by atoms with Crippen molar-refractivity contribution < 1.29 is 24.5 Å². The van der Waals surface area contributed by atoms with E-state index in [4.69, 9.17) is 15.2 Å². The second-order valence-electron chi connectivity index (χ2n) is 9.69. The number of halogens is 2. The van der Waals surface area contributed by atoms with Crippen LogP contribution in [0.25, 0.3) is 10.8 Å². The van der Waals surface area contributed by atoms with Crippen LogP contribution in [0.1, 0.15) is 29.8 Å². The van der Waals surface area contributed by atoms with Crippen LogP contribution in [-0.4, -0.2) is 41.0 Å². The fourth-order valence-corrected chi connectivity index (χ4v) is 4.11.